The molecule has 0 N–H and O–H groups in total. The van der Waals surface area contributed by atoms with Gasteiger partial charge in [0.2, 0.25) is 5.91 Å². The van der Waals surface area contributed by atoms with E-state index in [9.17, 15) is 10.1 Å². The Kier molecular flexibility index (Phi) is 7.10. The fraction of sp³-hybridized carbons (Fsp3) is 0.579. The van der Waals surface area contributed by atoms with Crippen molar-refractivity contribution in [3.8, 4) is 11.8 Å². The van der Waals surface area contributed by atoms with Crippen LogP contribution in [0.4, 0.5) is 0 Å². The lowest BCUT2D eigenvalue weighted by Gasteiger charge is -2.39. The number of hydrogen-bond acceptors (Lipinski definition) is 4. The van der Waals surface area contributed by atoms with E-state index in [4.69, 9.17) is 16.3 Å². The zero-order valence-electron chi connectivity index (χ0n) is 15.0. The minimum atomic E-state index is -0.629. The molecule has 0 spiro atoms. The molecule has 136 valence electrons. The van der Waals surface area contributed by atoms with Gasteiger partial charge in [-0.2, -0.15) is 5.26 Å². The first-order chi connectivity index (χ1) is 12.0. The number of rotatable bonds is 7. The fourth-order valence-electron chi connectivity index (χ4n) is 3.16. The molecule has 0 unspecified atom stereocenters. The average Bonchev–Trinajstić information content (AvgIpc) is 2.63. The third-order valence-corrected chi connectivity index (χ3v) is 5.12. The molecule has 1 saturated carbocycles. The van der Waals surface area contributed by atoms with Crippen molar-refractivity contribution in [1.82, 2.24) is 9.80 Å². The molecular weight excluding hydrogens is 338 g/mol. The van der Waals surface area contributed by atoms with Crippen LogP contribution in [0.25, 0.3) is 0 Å². The van der Waals surface area contributed by atoms with E-state index in [-0.39, 0.29) is 12.5 Å². The Morgan fingerprint density at radius 1 is 1.24 bits per heavy atom. The van der Waals surface area contributed by atoms with Crippen LogP contribution in [0.1, 0.15) is 32.1 Å². The highest BCUT2D eigenvalue weighted by atomic mass is 35.5. The molecule has 0 heterocycles. The van der Waals surface area contributed by atoms with E-state index in [1.54, 1.807) is 24.1 Å². The van der Waals surface area contributed by atoms with E-state index in [0.717, 1.165) is 37.9 Å². The standard InChI is InChI=1S/C19H26ClN3O2/c1-22(12-13-25-17-8-6-16(20)7-9-17)14-18(24)23(2)19(15-21)10-4-3-5-11-19/h6-9H,3-5,10-14H2,1-2H3. The number of benzene rings is 1. The molecule has 0 aromatic heterocycles. The van der Waals surface area contributed by atoms with Crippen molar-refractivity contribution in [1.29, 1.82) is 5.26 Å². The van der Waals surface area contributed by atoms with Crippen LogP contribution in [0, 0.1) is 11.3 Å². The van der Waals surface area contributed by atoms with Crippen molar-refractivity contribution in [3.63, 3.8) is 0 Å². The second kappa shape index (κ2) is 9.07. The maximum Gasteiger partial charge on any atom is 0.237 e. The zero-order chi connectivity index (χ0) is 18.3. The second-order valence-electron chi connectivity index (χ2n) is 6.70. The predicted molar refractivity (Wildman–Crippen MR) is 98.6 cm³/mol. The molecule has 0 bridgehead atoms. The van der Waals surface area contributed by atoms with Crippen molar-refractivity contribution in [2.24, 2.45) is 0 Å². The average molecular weight is 364 g/mol. The number of likely N-dealkylation sites (N-methyl/N-ethyl adjacent to an activating group) is 2. The Bertz CT molecular complexity index is 606. The molecule has 6 heteroatoms. The number of carbonyl (C=O) groups is 1. The van der Waals surface area contributed by atoms with Gasteiger partial charge in [-0.25, -0.2) is 0 Å². The fourth-order valence-corrected chi connectivity index (χ4v) is 3.29. The smallest absolute Gasteiger partial charge is 0.237 e. The van der Waals surface area contributed by atoms with E-state index in [2.05, 4.69) is 6.07 Å². The van der Waals surface area contributed by atoms with Gasteiger partial charge in [0.05, 0.1) is 12.6 Å². The molecule has 0 saturated heterocycles. The topological polar surface area (TPSA) is 56.6 Å². The molecule has 2 rings (SSSR count). The van der Waals surface area contributed by atoms with E-state index in [1.807, 2.05) is 24.1 Å². The minimum Gasteiger partial charge on any atom is -0.492 e. The molecule has 25 heavy (non-hydrogen) atoms. The molecule has 5 nitrogen and oxygen atoms in total. The van der Waals surface area contributed by atoms with Crippen LogP contribution in [-0.2, 0) is 4.79 Å². The molecule has 1 aromatic rings. The van der Waals surface area contributed by atoms with Crippen molar-refractivity contribution >= 4 is 17.5 Å². The normalized spacial score (nSPS) is 16.3. The lowest BCUT2D eigenvalue weighted by atomic mass is 9.81. The number of nitrogens with zero attached hydrogens (tertiary/aromatic N) is 3. The maximum absolute atomic E-state index is 12.6. The van der Waals surface area contributed by atoms with Crippen LogP contribution in [-0.4, -0.2) is 55.0 Å². The number of hydrogen-bond donors (Lipinski definition) is 0. The number of ether oxygens (including phenoxy) is 1. The van der Waals surface area contributed by atoms with Gasteiger partial charge in [-0.15, -0.1) is 0 Å². The molecule has 1 aliphatic rings. The summed E-state index contributed by atoms with van der Waals surface area (Å²) in [6.07, 6.45) is 4.71. The molecule has 1 amide bonds. The van der Waals surface area contributed by atoms with Gasteiger partial charge in [-0.1, -0.05) is 30.9 Å². The van der Waals surface area contributed by atoms with Crippen molar-refractivity contribution in [3.05, 3.63) is 29.3 Å². The summed E-state index contributed by atoms with van der Waals surface area (Å²) >= 11 is 5.84. The molecular formula is C19H26ClN3O2. The first-order valence-electron chi connectivity index (χ1n) is 8.72. The lowest BCUT2D eigenvalue weighted by Crippen LogP contribution is -2.52. The summed E-state index contributed by atoms with van der Waals surface area (Å²) in [5.74, 6) is 0.740. The Morgan fingerprint density at radius 2 is 1.88 bits per heavy atom. The third kappa shape index (κ3) is 5.35. The number of amides is 1. The highest BCUT2D eigenvalue weighted by Gasteiger charge is 2.38. The van der Waals surface area contributed by atoms with Crippen LogP contribution < -0.4 is 4.74 Å². The summed E-state index contributed by atoms with van der Waals surface area (Å²) in [6, 6.07) is 9.60. The van der Waals surface area contributed by atoms with E-state index >= 15 is 0 Å². The Morgan fingerprint density at radius 3 is 2.48 bits per heavy atom. The van der Waals surface area contributed by atoms with E-state index in [0.29, 0.717) is 18.2 Å². The first-order valence-corrected chi connectivity index (χ1v) is 9.09. The van der Waals surface area contributed by atoms with Gasteiger partial charge in [0.25, 0.3) is 0 Å². The molecule has 0 aliphatic heterocycles. The minimum absolute atomic E-state index is 0.0163. The predicted octanol–water partition coefficient (Wildman–Crippen LogP) is 3.34. The summed E-state index contributed by atoms with van der Waals surface area (Å²) < 4.78 is 5.65. The zero-order valence-corrected chi connectivity index (χ0v) is 15.8. The Labute approximate surface area is 155 Å². The van der Waals surface area contributed by atoms with Gasteiger partial charge in [0.15, 0.2) is 0 Å². The Balaban J connectivity index is 1.78. The molecule has 1 fully saturated rings. The van der Waals surface area contributed by atoms with Crippen molar-refractivity contribution in [2.45, 2.75) is 37.6 Å². The van der Waals surface area contributed by atoms with Crippen LogP contribution in [0.15, 0.2) is 24.3 Å². The van der Waals surface area contributed by atoms with Crippen LogP contribution in [0.2, 0.25) is 5.02 Å². The summed E-state index contributed by atoms with van der Waals surface area (Å²) in [7, 11) is 3.64. The van der Waals surface area contributed by atoms with Gasteiger partial charge >= 0.3 is 0 Å². The summed E-state index contributed by atoms with van der Waals surface area (Å²) in [5.41, 5.74) is -0.629. The first kappa shape index (κ1) is 19.6. The monoisotopic (exact) mass is 363 g/mol. The van der Waals surface area contributed by atoms with Gasteiger partial charge < -0.3 is 9.64 Å². The third-order valence-electron chi connectivity index (χ3n) is 4.87. The number of nitriles is 1. The quantitative estimate of drug-likeness (QED) is 0.745. The summed E-state index contributed by atoms with van der Waals surface area (Å²) in [5, 5.41) is 10.3. The van der Waals surface area contributed by atoms with Crippen molar-refractivity contribution in [2.75, 3.05) is 33.8 Å². The van der Waals surface area contributed by atoms with Gasteiger partial charge in [0, 0.05) is 18.6 Å². The lowest BCUT2D eigenvalue weighted by molar-refractivity contribution is -0.135. The van der Waals surface area contributed by atoms with E-state index < -0.39 is 5.54 Å². The SMILES string of the molecule is CN(CCOc1ccc(Cl)cc1)CC(=O)N(C)C1(C#N)CCCCC1. The van der Waals surface area contributed by atoms with Crippen LogP contribution >= 0.6 is 11.6 Å². The molecule has 0 radical (unpaired) electrons. The Hall–Kier alpha value is -1.77. The molecule has 1 aromatic carbocycles. The highest BCUT2D eigenvalue weighted by Crippen LogP contribution is 2.32. The maximum atomic E-state index is 12.6. The molecule has 1 aliphatic carbocycles. The van der Waals surface area contributed by atoms with E-state index in [1.165, 1.54) is 0 Å². The summed E-state index contributed by atoms with van der Waals surface area (Å²) in [4.78, 5) is 16.1. The highest BCUT2D eigenvalue weighted by molar-refractivity contribution is 6.30. The van der Waals surface area contributed by atoms with Gasteiger partial charge in [-0.05, 0) is 44.2 Å². The largest absolute Gasteiger partial charge is 0.492 e. The van der Waals surface area contributed by atoms with Crippen LogP contribution in [0.3, 0.4) is 0 Å². The second-order valence-corrected chi connectivity index (χ2v) is 7.13. The molecule has 0 atom stereocenters. The summed E-state index contributed by atoms with van der Waals surface area (Å²) in [6.45, 7) is 1.39. The van der Waals surface area contributed by atoms with Gasteiger partial charge in [0.1, 0.15) is 17.9 Å². The number of halogens is 1. The number of carbonyl (C=O) groups excluding carboxylic acids is 1. The van der Waals surface area contributed by atoms with Crippen molar-refractivity contribution < 1.29 is 9.53 Å². The van der Waals surface area contributed by atoms with Gasteiger partial charge in [-0.3, -0.25) is 9.69 Å². The van der Waals surface area contributed by atoms with Crippen LogP contribution in [0.5, 0.6) is 5.75 Å².